The van der Waals surface area contributed by atoms with Crippen LogP contribution in [0.2, 0.25) is 0 Å². The molecule has 1 aliphatic heterocycles. The van der Waals surface area contributed by atoms with Gasteiger partial charge in [0.15, 0.2) is 0 Å². The fourth-order valence-corrected chi connectivity index (χ4v) is 3.51. The molecule has 0 saturated carbocycles. The van der Waals surface area contributed by atoms with E-state index in [9.17, 15) is 0 Å². The minimum absolute atomic E-state index is 0.483. The summed E-state index contributed by atoms with van der Waals surface area (Å²) in [6.07, 6.45) is 6.56. The molecular weight excluding hydrogens is 324 g/mol. The van der Waals surface area contributed by atoms with Gasteiger partial charge in [-0.2, -0.15) is 0 Å². The van der Waals surface area contributed by atoms with Gasteiger partial charge in [-0.05, 0) is 69.9 Å². The monoisotopic (exact) mass is 352 g/mol. The van der Waals surface area contributed by atoms with E-state index in [4.69, 9.17) is 0 Å². The average molecular weight is 353 g/mol. The van der Waals surface area contributed by atoms with Crippen LogP contribution in [0.25, 0.3) is 0 Å². The van der Waals surface area contributed by atoms with Gasteiger partial charge in [-0.3, -0.25) is 0 Å². The molecule has 2 nitrogen and oxygen atoms in total. The van der Waals surface area contributed by atoms with Gasteiger partial charge in [0, 0.05) is 16.6 Å². The lowest BCUT2D eigenvalue weighted by Crippen LogP contribution is -2.39. The Bertz CT molecular complexity index is 404. The quantitative estimate of drug-likeness (QED) is 0.712. The third-order valence-corrected chi connectivity index (χ3v) is 5.16. The molecule has 118 valence electrons. The van der Waals surface area contributed by atoms with Crippen molar-refractivity contribution in [2.45, 2.75) is 58.0 Å². The van der Waals surface area contributed by atoms with E-state index >= 15 is 0 Å². The standard InChI is InChI=1S/C18H29BrN2/c1-3-18(16-8-10-17(19)11-9-16)20-12-6-14-21-13-5-4-7-15(21)2/h8-11,15,18,20H,3-7,12-14H2,1-2H3. The molecular formula is C18H29BrN2. The number of rotatable bonds is 7. The summed E-state index contributed by atoms with van der Waals surface area (Å²) in [5.74, 6) is 0. The molecule has 1 heterocycles. The fourth-order valence-electron chi connectivity index (χ4n) is 3.24. The first-order chi connectivity index (χ1) is 10.2. The zero-order valence-corrected chi connectivity index (χ0v) is 15.0. The van der Waals surface area contributed by atoms with Gasteiger partial charge in [0.1, 0.15) is 0 Å². The molecule has 1 aromatic rings. The molecule has 1 aliphatic rings. The van der Waals surface area contributed by atoms with Gasteiger partial charge >= 0.3 is 0 Å². The largest absolute Gasteiger partial charge is 0.310 e. The molecule has 3 heteroatoms. The Morgan fingerprint density at radius 2 is 2.05 bits per heavy atom. The predicted molar refractivity (Wildman–Crippen MR) is 94.7 cm³/mol. The fraction of sp³-hybridized carbons (Fsp3) is 0.667. The second kappa shape index (κ2) is 8.92. The third-order valence-electron chi connectivity index (χ3n) is 4.63. The summed E-state index contributed by atoms with van der Waals surface area (Å²) in [4.78, 5) is 2.66. The van der Waals surface area contributed by atoms with Crippen LogP contribution in [-0.4, -0.2) is 30.6 Å². The lowest BCUT2D eigenvalue weighted by Gasteiger charge is -2.33. The van der Waals surface area contributed by atoms with Crippen LogP contribution in [0.5, 0.6) is 0 Å². The number of piperidine rings is 1. The summed E-state index contributed by atoms with van der Waals surface area (Å²) in [6.45, 7) is 8.28. The van der Waals surface area contributed by atoms with Crippen LogP contribution >= 0.6 is 15.9 Å². The first kappa shape index (κ1) is 17.0. The molecule has 2 unspecified atom stereocenters. The van der Waals surface area contributed by atoms with Crippen molar-refractivity contribution in [1.82, 2.24) is 10.2 Å². The number of likely N-dealkylation sites (tertiary alicyclic amines) is 1. The lowest BCUT2D eigenvalue weighted by molar-refractivity contribution is 0.158. The van der Waals surface area contributed by atoms with Gasteiger partial charge in [0.05, 0.1) is 0 Å². The van der Waals surface area contributed by atoms with Crippen LogP contribution in [0, 0.1) is 0 Å². The molecule has 2 atom stereocenters. The molecule has 21 heavy (non-hydrogen) atoms. The van der Waals surface area contributed by atoms with E-state index in [1.54, 1.807) is 0 Å². The normalized spacial score (nSPS) is 21.4. The maximum Gasteiger partial charge on any atom is 0.0317 e. The van der Waals surface area contributed by atoms with Crippen molar-refractivity contribution < 1.29 is 0 Å². The van der Waals surface area contributed by atoms with Gasteiger partial charge in [-0.1, -0.05) is 41.4 Å². The van der Waals surface area contributed by atoms with E-state index < -0.39 is 0 Å². The summed E-state index contributed by atoms with van der Waals surface area (Å²) < 4.78 is 1.15. The lowest BCUT2D eigenvalue weighted by atomic mass is 10.0. The third kappa shape index (κ3) is 5.39. The highest BCUT2D eigenvalue weighted by molar-refractivity contribution is 9.10. The SMILES string of the molecule is CCC(NCCCN1CCCCC1C)c1ccc(Br)cc1. The van der Waals surface area contributed by atoms with E-state index in [2.05, 4.69) is 64.3 Å². The van der Waals surface area contributed by atoms with Crippen LogP contribution in [0.1, 0.15) is 57.6 Å². The van der Waals surface area contributed by atoms with Crippen LogP contribution in [0.3, 0.4) is 0 Å². The first-order valence-corrected chi connectivity index (χ1v) is 9.23. The van der Waals surface area contributed by atoms with Crippen molar-refractivity contribution >= 4 is 15.9 Å². The van der Waals surface area contributed by atoms with E-state index in [-0.39, 0.29) is 0 Å². The van der Waals surface area contributed by atoms with Crippen molar-refractivity contribution in [3.8, 4) is 0 Å². The average Bonchev–Trinajstić information content (AvgIpc) is 2.50. The zero-order chi connectivity index (χ0) is 15.1. The highest BCUT2D eigenvalue weighted by atomic mass is 79.9. The van der Waals surface area contributed by atoms with E-state index in [1.165, 1.54) is 44.3 Å². The topological polar surface area (TPSA) is 15.3 Å². The maximum absolute atomic E-state index is 3.72. The highest BCUT2D eigenvalue weighted by Gasteiger charge is 2.17. The molecule has 1 aromatic carbocycles. The summed E-state index contributed by atoms with van der Waals surface area (Å²) in [5, 5.41) is 3.72. The molecule has 0 aromatic heterocycles. The molecule has 1 saturated heterocycles. The van der Waals surface area contributed by atoms with Crippen LogP contribution in [0.4, 0.5) is 0 Å². The molecule has 1 N–H and O–H groups in total. The molecule has 2 rings (SSSR count). The maximum atomic E-state index is 3.72. The van der Waals surface area contributed by atoms with E-state index in [0.717, 1.165) is 23.5 Å². The van der Waals surface area contributed by atoms with Crippen LogP contribution in [-0.2, 0) is 0 Å². The van der Waals surface area contributed by atoms with E-state index in [1.807, 2.05) is 0 Å². The number of nitrogens with one attached hydrogen (secondary N) is 1. The number of nitrogens with zero attached hydrogens (tertiary/aromatic N) is 1. The minimum Gasteiger partial charge on any atom is -0.310 e. The molecule has 0 spiro atoms. The van der Waals surface area contributed by atoms with Crippen molar-refractivity contribution in [2.75, 3.05) is 19.6 Å². The van der Waals surface area contributed by atoms with Gasteiger partial charge in [-0.15, -0.1) is 0 Å². The van der Waals surface area contributed by atoms with Gasteiger partial charge in [-0.25, -0.2) is 0 Å². The smallest absolute Gasteiger partial charge is 0.0317 e. The Morgan fingerprint density at radius 1 is 1.29 bits per heavy atom. The Labute approximate surface area is 138 Å². The van der Waals surface area contributed by atoms with E-state index in [0.29, 0.717) is 6.04 Å². The van der Waals surface area contributed by atoms with Crippen molar-refractivity contribution in [3.05, 3.63) is 34.3 Å². The van der Waals surface area contributed by atoms with Gasteiger partial charge < -0.3 is 10.2 Å². The summed E-state index contributed by atoms with van der Waals surface area (Å²) in [7, 11) is 0. The van der Waals surface area contributed by atoms with Gasteiger partial charge in [0.2, 0.25) is 0 Å². The zero-order valence-electron chi connectivity index (χ0n) is 13.4. The van der Waals surface area contributed by atoms with Crippen LogP contribution in [0.15, 0.2) is 28.7 Å². The molecule has 0 aliphatic carbocycles. The second-order valence-corrected chi connectivity index (χ2v) is 7.12. The Hall–Kier alpha value is -0.380. The number of halogens is 1. The minimum atomic E-state index is 0.483. The number of benzene rings is 1. The van der Waals surface area contributed by atoms with Gasteiger partial charge in [0.25, 0.3) is 0 Å². The predicted octanol–water partition coefficient (Wildman–Crippen LogP) is 4.75. The first-order valence-electron chi connectivity index (χ1n) is 8.43. The summed E-state index contributed by atoms with van der Waals surface area (Å²) >= 11 is 3.50. The van der Waals surface area contributed by atoms with Crippen molar-refractivity contribution in [3.63, 3.8) is 0 Å². The number of hydrogen-bond acceptors (Lipinski definition) is 2. The van der Waals surface area contributed by atoms with Crippen molar-refractivity contribution in [2.24, 2.45) is 0 Å². The number of hydrogen-bond donors (Lipinski definition) is 1. The Kier molecular flexibility index (Phi) is 7.21. The summed E-state index contributed by atoms with van der Waals surface area (Å²) in [6, 6.07) is 9.98. The Balaban J connectivity index is 1.72. The highest BCUT2D eigenvalue weighted by Crippen LogP contribution is 2.20. The Morgan fingerprint density at radius 3 is 2.71 bits per heavy atom. The molecule has 0 bridgehead atoms. The van der Waals surface area contributed by atoms with Crippen LogP contribution < -0.4 is 5.32 Å². The molecule has 1 fully saturated rings. The summed E-state index contributed by atoms with van der Waals surface area (Å²) in [5.41, 5.74) is 1.40. The second-order valence-electron chi connectivity index (χ2n) is 6.20. The molecule has 0 amide bonds. The van der Waals surface area contributed by atoms with Crippen molar-refractivity contribution in [1.29, 1.82) is 0 Å². The molecule has 0 radical (unpaired) electrons.